The van der Waals surface area contributed by atoms with Gasteiger partial charge in [-0.3, -0.25) is 0 Å². The highest BCUT2D eigenvalue weighted by Gasteiger charge is 2.23. The molecule has 16 heavy (non-hydrogen) atoms. The maximum Gasteiger partial charge on any atom is 1.00 e. The zero-order valence-electron chi connectivity index (χ0n) is 9.45. The van der Waals surface area contributed by atoms with Crippen molar-refractivity contribution < 1.29 is 15.0 Å². The van der Waals surface area contributed by atoms with Crippen LogP contribution in [0.2, 0.25) is 0 Å². The molecule has 0 amide bonds. The molecular weight excluding hydrogens is 223 g/mol. The van der Waals surface area contributed by atoms with E-state index in [2.05, 4.69) is 0 Å². The summed E-state index contributed by atoms with van der Waals surface area (Å²) in [6.07, 6.45) is 0. The molecule has 2 rings (SSSR count). The van der Waals surface area contributed by atoms with Crippen LogP contribution in [0.5, 0.6) is 11.5 Å². The first-order valence-corrected chi connectivity index (χ1v) is 5.87. The van der Waals surface area contributed by atoms with Crippen LogP contribution in [0.15, 0.2) is 60.7 Å². The van der Waals surface area contributed by atoms with Gasteiger partial charge in [0, 0.05) is 4.57 Å². The van der Waals surface area contributed by atoms with E-state index in [0.717, 1.165) is 0 Å². The Hall–Kier alpha value is -1.86. The molecule has 0 N–H and O–H groups in total. The molecule has 0 saturated heterocycles. The normalized spacial score (nSPS) is 9.50. The molecule has 0 aliphatic carbocycles. The minimum atomic E-state index is -2.18. The van der Waals surface area contributed by atoms with Gasteiger partial charge in [0.05, 0.1) is 0 Å². The summed E-state index contributed by atoms with van der Waals surface area (Å²) < 4.78 is 21.7. The van der Waals surface area contributed by atoms with Crippen LogP contribution in [-0.2, 0) is 4.57 Å². The molecule has 0 aromatic heterocycles. The second kappa shape index (κ2) is 5.29. The maximum absolute atomic E-state index is 11.5. The minimum Gasteiger partial charge on any atom is -0.222 e. The van der Waals surface area contributed by atoms with E-state index in [9.17, 15) is 4.57 Å². The molecule has 0 fully saturated rings. The van der Waals surface area contributed by atoms with Gasteiger partial charge in [-0.25, -0.2) is 9.05 Å². The quantitative estimate of drug-likeness (QED) is 0.752. The summed E-state index contributed by atoms with van der Waals surface area (Å²) in [5.41, 5.74) is 0. The molecule has 0 bridgehead atoms. The van der Waals surface area contributed by atoms with Crippen LogP contribution in [0.4, 0.5) is 0 Å². The van der Waals surface area contributed by atoms with Gasteiger partial charge in [0.1, 0.15) is 0 Å². The molecule has 0 saturated carbocycles. The third-order valence-corrected chi connectivity index (χ3v) is 2.57. The summed E-state index contributed by atoms with van der Waals surface area (Å²) in [5.74, 6) is 1.05. The van der Waals surface area contributed by atoms with Gasteiger partial charge in [-0.2, -0.15) is 0 Å². The Labute approximate surface area is 96.1 Å². The average Bonchev–Trinajstić information content (AvgIpc) is 2.31. The zero-order valence-corrected chi connectivity index (χ0v) is 9.34. The van der Waals surface area contributed by atoms with Crippen LogP contribution in [0, 0.1) is 0 Å². The summed E-state index contributed by atoms with van der Waals surface area (Å²) in [7, 11) is -2.18. The van der Waals surface area contributed by atoms with Crippen molar-refractivity contribution in [3.05, 3.63) is 60.7 Å². The van der Waals surface area contributed by atoms with Gasteiger partial charge in [-0.1, -0.05) is 36.4 Å². The van der Waals surface area contributed by atoms with E-state index in [1.54, 1.807) is 48.5 Å². The number of rotatable bonds is 4. The molecule has 2 aromatic rings. The van der Waals surface area contributed by atoms with Crippen molar-refractivity contribution in [3.63, 3.8) is 0 Å². The molecule has 0 spiro atoms. The van der Waals surface area contributed by atoms with E-state index < -0.39 is 8.25 Å². The predicted octanol–water partition coefficient (Wildman–Crippen LogP) is 3.91. The summed E-state index contributed by atoms with van der Waals surface area (Å²) >= 11 is 0. The molecule has 0 atom stereocenters. The fourth-order valence-corrected chi connectivity index (χ4v) is 1.78. The Balaban J connectivity index is 0.00000144. The van der Waals surface area contributed by atoms with Gasteiger partial charge < -0.3 is 0 Å². The molecule has 0 unspecified atom stereocenters. The lowest BCUT2D eigenvalue weighted by molar-refractivity contribution is 0.415. The smallest absolute Gasteiger partial charge is 0.222 e. The molecule has 0 radical (unpaired) electrons. The van der Waals surface area contributed by atoms with Gasteiger partial charge in [0.2, 0.25) is 0 Å². The molecule has 80 valence electrons. The number of para-hydroxylation sites is 2. The van der Waals surface area contributed by atoms with E-state index >= 15 is 0 Å². The van der Waals surface area contributed by atoms with Gasteiger partial charge >= 0.3 is 9.68 Å². The monoisotopic (exact) mass is 234 g/mol. The molecule has 0 heterocycles. The van der Waals surface area contributed by atoms with E-state index in [-0.39, 0.29) is 1.43 Å². The highest BCUT2D eigenvalue weighted by atomic mass is 31.1. The largest absolute Gasteiger partial charge is 1.00 e. The lowest BCUT2D eigenvalue weighted by Crippen LogP contribution is -1.87. The standard InChI is InChI=1S/C12H10O3P/c13-16(14-11-7-3-1-4-8-11)15-12-9-5-2-6-10-12/h1-10H/q+1/p+1. The first-order chi connectivity index (χ1) is 7.84. The zero-order chi connectivity index (χ0) is 11.2. The molecule has 0 aliphatic heterocycles. The van der Waals surface area contributed by atoms with Gasteiger partial charge in [0.25, 0.3) is 0 Å². The van der Waals surface area contributed by atoms with Gasteiger partial charge in [-0.05, 0) is 24.3 Å². The lowest BCUT2D eigenvalue weighted by Gasteiger charge is -1.92. The molecule has 0 aliphatic rings. The Bertz CT molecular complexity index is 418. The van der Waals surface area contributed by atoms with Crippen molar-refractivity contribution in [1.82, 2.24) is 0 Å². The van der Waals surface area contributed by atoms with Gasteiger partial charge in [0.15, 0.2) is 11.5 Å². The maximum atomic E-state index is 11.5. The van der Waals surface area contributed by atoms with Crippen molar-refractivity contribution >= 4 is 8.25 Å². The van der Waals surface area contributed by atoms with Crippen molar-refractivity contribution in [1.29, 1.82) is 0 Å². The summed E-state index contributed by atoms with van der Waals surface area (Å²) in [4.78, 5) is 0. The van der Waals surface area contributed by atoms with Crippen LogP contribution >= 0.6 is 8.25 Å². The Morgan fingerprint density at radius 2 is 1.12 bits per heavy atom. The predicted molar refractivity (Wildman–Crippen MR) is 62.9 cm³/mol. The molecular formula is C12H11O3P+2. The van der Waals surface area contributed by atoms with Crippen LogP contribution in [0.3, 0.4) is 0 Å². The summed E-state index contributed by atoms with van der Waals surface area (Å²) in [6.45, 7) is 0. The fourth-order valence-electron chi connectivity index (χ4n) is 1.15. The third kappa shape index (κ3) is 3.07. The number of hydrogen-bond donors (Lipinski definition) is 0. The van der Waals surface area contributed by atoms with Crippen molar-refractivity contribution in [2.75, 3.05) is 0 Å². The highest BCUT2D eigenvalue weighted by Crippen LogP contribution is 2.29. The minimum absolute atomic E-state index is 0. The van der Waals surface area contributed by atoms with Crippen LogP contribution in [0.25, 0.3) is 0 Å². The average molecular weight is 234 g/mol. The molecule has 2 aromatic carbocycles. The fraction of sp³-hybridized carbons (Fsp3) is 0. The summed E-state index contributed by atoms with van der Waals surface area (Å²) in [6, 6.07) is 17.8. The second-order valence-corrected chi connectivity index (χ2v) is 3.84. The second-order valence-electron chi connectivity index (χ2n) is 3.03. The number of hydrogen-bond acceptors (Lipinski definition) is 3. The van der Waals surface area contributed by atoms with Crippen molar-refractivity contribution in [2.45, 2.75) is 0 Å². The number of benzene rings is 2. The van der Waals surface area contributed by atoms with E-state index in [1.807, 2.05) is 12.1 Å². The highest BCUT2D eigenvalue weighted by molar-refractivity contribution is 7.34. The lowest BCUT2D eigenvalue weighted by atomic mass is 10.3. The van der Waals surface area contributed by atoms with E-state index in [0.29, 0.717) is 11.5 Å². The van der Waals surface area contributed by atoms with Crippen molar-refractivity contribution in [3.8, 4) is 11.5 Å². The topological polar surface area (TPSA) is 35.5 Å². The Morgan fingerprint density at radius 3 is 1.50 bits per heavy atom. The molecule has 4 heteroatoms. The SMILES string of the molecule is O=[P+](Oc1ccccc1)Oc1ccccc1.[H+]. The third-order valence-electron chi connectivity index (χ3n) is 1.85. The van der Waals surface area contributed by atoms with E-state index in [1.165, 1.54) is 0 Å². The first kappa shape index (κ1) is 10.7. The van der Waals surface area contributed by atoms with E-state index in [4.69, 9.17) is 9.05 Å². The first-order valence-electron chi connectivity index (χ1n) is 4.78. The van der Waals surface area contributed by atoms with Crippen LogP contribution in [0.1, 0.15) is 1.43 Å². The Kier molecular flexibility index (Phi) is 3.52. The van der Waals surface area contributed by atoms with Crippen LogP contribution in [-0.4, -0.2) is 0 Å². The summed E-state index contributed by atoms with van der Waals surface area (Å²) in [5, 5.41) is 0. The molecule has 3 nitrogen and oxygen atoms in total. The van der Waals surface area contributed by atoms with Crippen LogP contribution < -0.4 is 9.05 Å². The Morgan fingerprint density at radius 1 is 0.750 bits per heavy atom. The van der Waals surface area contributed by atoms with Gasteiger partial charge in [-0.15, -0.1) is 0 Å². The van der Waals surface area contributed by atoms with Crippen molar-refractivity contribution in [2.24, 2.45) is 0 Å².